The van der Waals surface area contributed by atoms with Gasteiger partial charge in [0.25, 0.3) is 0 Å². The molecule has 1 aromatic heterocycles. The van der Waals surface area contributed by atoms with Gasteiger partial charge in [-0.15, -0.1) is 0 Å². The minimum absolute atomic E-state index is 0.167. The van der Waals surface area contributed by atoms with Crippen molar-refractivity contribution in [3.05, 3.63) is 59.7 Å². The minimum atomic E-state index is -0.167. The Morgan fingerprint density at radius 2 is 1.77 bits per heavy atom. The van der Waals surface area contributed by atoms with Crippen LogP contribution in [0.25, 0.3) is 0 Å². The lowest BCUT2D eigenvalue weighted by Crippen LogP contribution is -2.36. The number of morpholine rings is 1. The van der Waals surface area contributed by atoms with Gasteiger partial charge in [-0.05, 0) is 35.4 Å². The molecule has 2 heterocycles. The third-order valence-electron chi connectivity index (χ3n) is 3.77. The van der Waals surface area contributed by atoms with E-state index in [2.05, 4.69) is 10.3 Å². The number of ether oxygens (including phenoxy) is 1. The third-order valence-corrected chi connectivity index (χ3v) is 3.77. The van der Waals surface area contributed by atoms with Gasteiger partial charge < -0.3 is 15.0 Å². The fourth-order valence-electron chi connectivity index (χ4n) is 2.57. The average Bonchev–Trinajstić information content (AvgIpc) is 2.58. The van der Waals surface area contributed by atoms with E-state index in [-0.39, 0.29) is 5.82 Å². The van der Waals surface area contributed by atoms with E-state index in [4.69, 9.17) is 4.74 Å². The van der Waals surface area contributed by atoms with Crippen LogP contribution in [0.15, 0.2) is 42.7 Å². The molecule has 0 bridgehead atoms. The molecule has 4 nitrogen and oxygen atoms in total. The lowest BCUT2D eigenvalue weighted by molar-refractivity contribution is 0.122. The lowest BCUT2D eigenvalue weighted by Gasteiger charge is -2.29. The molecule has 1 aromatic carbocycles. The van der Waals surface area contributed by atoms with Crippen molar-refractivity contribution >= 4 is 5.69 Å². The number of hydrogen-bond acceptors (Lipinski definition) is 4. The summed E-state index contributed by atoms with van der Waals surface area (Å²) in [4.78, 5) is 6.05. The van der Waals surface area contributed by atoms with Crippen LogP contribution in [0.4, 0.5) is 10.1 Å². The van der Waals surface area contributed by atoms with E-state index in [9.17, 15) is 4.39 Å². The molecule has 0 spiro atoms. The normalized spacial score (nSPS) is 15.0. The Labute approximate surface area is 129 Å². The second-order valence-corrected chi connectivity index (χ2v) is 5.34. The van der Waals surface area contributed by atoms with E-state index in [1.165, 1.54) is 5.56 Å². The van der Waals surface area contributed by atoms with Crippen LogP contribution in [0.3, 0.4) is 0 Å². The van der Waals surface area contributed by atoms with Gasteiger partial charge in [0, 0.05) is 38.6 Å². The first-order chi connectivity index (χ1) is 10.8. The lowest BCUT2D eigenvalue weighted by atomic mass is 10.1. The maximum atomic E-state index is 14.0. The van der Waals surface area contributed by atoms with E-state index < -0.39 is 0 Å². The van der Waals surface area contributed by atoms with E-state index in [0.29, 0.717) is 25.4 Å². The zero-order chi connectivity index (χ0) is 15.2. The first-order valence-corrected chi connectivity index (χ1v) is 7.54. The monoisotopic (exact) mass is 301 g/mol. The van der Waals surface area contributed by atoms with Crippen molar-refractivity contribution in [1.82, 2.24) is 10.3 Å². The van der Waals surface area contributed by atoms with Gasteiger partial charge in [0.2, 0.25) is 0 Å². The second kappa shape index (κ2) is 7.33. The summed E-state index contributed by atoms with van der Waals surface area (Å²) in [6.07, 6.45) is 3.57. The van der Waals surface area contributed by atoms with E-state index in [0.717, 1.165) is 25.2 Å². The summed E-state index contributed by atoms with van der Waals surface area (Å²) in [5.74, 6) is -0.167. The number of nitrogens with zero attached hydrogens (tertiary/aromatic N) is 2. The van der Waals surface area contributed by atoms with Crippen LogP contribution < -0.4 is 10.2 Å². The standard InChI is InChI=1S/C17H20FN3O/c18-16-2-1-15(11-17(16)21-7-9-22-10-8-21)13-20-12-14-3-5-19-6-4-14/h1-6,11,20H,7-10,12-13H2. The van der Waals surface area contributed by atoms with Gasteiger partial charge >= 0.3 is 0 Å². The molecule has 0 aliphatic carbocycles. The fraction of sp³-hybridized carbons (Fsp3) is 0.353. The highest BCUT2D eigenvalue weighted by Gasteiger charge is 2.15. The van der Waals surface area contributed by atoms with Crippen molar-refractivity contribution in [2.24, 2.45) is 0 Å². The summed E-state index contributed by atoms with van der Waals surface area (Å²) in [5.41, 5.74) is 2.94. The Balaban J connectivity index is 1.61. The van der Waals surface area contributed by atoms with Gasteiger partial charge in [-0.1, -0.05) is 6.07 Å². The molecule has 1 aliphatic rings. The van der Waals surface area contributed by atoms with Crippen molar-refractivity contribution in [3.8, 4) is 0 Å². The molecule has 2 aromatic rings. The average molecular weight is 301 g/mol. The maximum Gasteiger partial charge on any atom is 0.146 e. The summed E-state index contributed by atoms with van der Waals surface area (Å²) in [6, 6.07) is 9.28. The number of rotatable bonds is 5. The summed E-state index contributed by atoms with van der Waals surface area (Å²) < 4.78 is 19.4. The quantitative estimate of drug-likeness (QED) is 0.920. The maximum absolute atomic E-state index is 14.0. The molecule has 0 atom stereocenters. The van der Waals surface area contributed by atoms with Crippen LogP contribution in [0, 0.1) is 5.82 Å². The molecule has 116 valence electrons. The molecular formula is C17H20FN3O. The number of benzene rings is 1. The molecule has 5 heteroatoms. The van der Waals surface area contributed by atoms with Gasteiger partial charge in [0.1, 0.15) is 5.82 Å². The van der Waals surface area contributed by atoms with Crippen molar-refractivity contribution in [3.63, 3.8) is 0 Å². The number of nitrogens with one attached hydrogen (secondary N) is 1. The predicted octanol–water partition coefficient (Wildman–Crippen LogP) is 2.35. The predicted molar refractivity (Wildman–Crippen MR) is 84.2 cm³/mol. The number of hydrogen-bond donors (Lipinski definition) is 1. The second-order valence-electron chi connectivity index (χ2n) is 5.34. The molecule has 0 amide bonds. The van der Waals surface area contributed by atoms with Crippen LogP contribution >= 0.6 is 0 Å². The minimum Gasteiger partial charge on any atom is -0.378 e. The molecule has 0 saturated carbocycles. The highest BCUT2D eigenvalue weighted by molar-refractivity contribution is 5.50. The van der Waals surface area contributed by atoms with Crippen molar-refractivity contribution < 1.29 is 9.13 Å². The highest BCUT2D eigenvalue weighted by atomic mass is 19.1. The molecule has 1 fully saturated rings. The first kappa shape index (κ1) is 14.9. The van der Waals surface area contributed by atoms with E-state index in [1.54, 1.807) is 18.5 Å². The van der Waals surface area contributed by atoms with Crippen molar-refractivity contribution in [1.29, 1.82) is 0 Å². The van der Waals surface area contributed by atoms with Crippen LogP contribution in [0.1, 0.15) is 11.1 Å². The molecule has 1 N–H and O–H groups in total. The molecule has 1 aliphatic heterocycles. The van der Waals surface area contributed by atoms with Gasteiger partial charge in [-0.3, -0.25) is 4.98 Å². The summed E-state index contributed by atoms with van der Waals surface area (Å²) in [6.45, 7) is 4.27. The fourth-order valence-corrected chi connectivity index (χ4v) is 2.57. The number of anilines is 1. The van der Waals surface area contributed by atoms with Gasteiger partial charge in [-0.2, -0.15) is 0 Å². The molecule has 0 unspecified atom stereocenters. The van der Waals surface area contributed by atoms with Crippen molar-refractivity contribution in [2.75, 3.05) is 31.2 Å². The van der Waals surface area contributed by atoms with E-state index >= 15 is 0 Å². The molecule has 1 saturated heterocycles. The number of aromatic nitrogens is 1. The molecule has 22 heavy (non-hydrogen) atoms. The van der Waals surface area contributed by atoms with Crippen LogP contribution in [-0.2, 0) is 17.8 Å². The Bertz CT molecular complexity index is 600. The Hall–Kier alpha value is -1.98. The topological polar surface area (TPSA) is 37.4 Å². The van der Waals surface area contributed by atoms with Gasteiger partial charge in [0.05, 0.1) is 18.9 Å². The summed E-state index contributed by atoms with van der Waals surface area (Å²) in [5, 5.41) is 3.37. The molecule has 0 radical (unpaired) electrons. The zero-order valence-electron chi connectivity index (χ0n) is 12.5. The first-order valence-electron chi connectivity index (χ1n) is 7.54. The van der Waals surface area contributed by atoms with Crippen molar-refractivity contribution in [2.45, 2.75) is 13.1 Å². The van der Waals surface area contributed by atoms with Gasteiger partial charge in [0.15, 0.2) is 0 Å². The summed E-state index contributed by atoms with van der Waals surface area (Å²) >= 11 is 0. The van der Waals surface area contributed by atoms with Gasteiger partial charge in [-0.25, -0.2) is 4.39 Å². The van der Waals surface area contributed by atoms with Crippen LogP contribution in [0.5, 0.6) is 0 Å². The number of pyridine rings is 1. The van der Waals surface area contributed by atoms with Crippen LogP contribution in [0.2, 0.25) is 0 Å². The Kier molecular flexibility index (Phi) is 4.98. The summed E-state index contributed by atoms with van der Waals surface area (Å²) in [7, 11) is 0. The Morgan fingerprint density at radius 3 is 2.55 bits per heavy atom. The SMILES string of the molecule is Fc1ccc(CNCc2ccncc2)cc1N1CCOCC1. The molecular weight excluding hydrogens is 281 g/mol. The van der Waals surface area contributed by atoms with Crippen LogP contribution in [-0.4, -0.2) is 31.3 Å². The van der Waals surface area contributed by atoms with E-state index in [1.807, 2.05) is 29.2 Å². The smallest absolute Gasteiger partial charge is 0.146 e. The zero-order valence-corrected chi connectivity index (χ0v) is 12.5. The Morgan fingerprint density at radius 1 is 1.05 bits per heavy atom. The largest absolute Gasteiger partial charge is 0.378 e. The third kappa shape index (κ3) is 3.81. The highest BCUT2D eigenvalue weighted by Crippen LogP contribution is 2.22. The number of halogens is 1. The molecule has 3 rings (SSSR count).